The van der Waals surface area contributed by atoms with E-state index in [-0.39, 0.29) is 12.5 Å². The molecule has 0 aliphatic carbocycles. The number of ether oxygens (including phenoxy) is 2. The van der Waals surface area contributed by atoms with Crippen molar-refractivity contribution in [3.63, 3.8) is 0 Å². The van der Waals surface area contributed by atoms with Crippen LogP contribution in [0, 0.1) is 0 Å². The number of carbonyl (C=O) groups excluding carboxylic acids is 1. The minimum absolute atomic E-state index is 0.133. The number of hydrogen-bond donors (Lipinski definition) is 2. The van der Waals surface area contributed by atoms with Gasteiger partial charge in [-0.2, -0.15) is 0 Å². The molecule has 1 amide bonds. The first-order valence-electron chi connectivity index (χ1n) is 5.84. The number of rotatable bonds is 7. The van der Waals surface area contributed by atoms with E-state index < -0.39 is 0 Å². The van der Waals surface area contributed by atoms with E-state index >= 15 is 0 Å². The maximum Gasteiger partial charge on any atom is 0.258 e. The fourth-order valence-electron chi connectivity index (χ4n) is 1.60. The van der Waals surface area contributed by atoms with Crippen LogP contribution in [0.2, 0.25) is 0 Å². The van der Waals surface area contributed by atoms with Gasteiger partial charge in [0.2, 0.25) is 0 Å². The fourth-order valence-corrected chi connectivity index (χ4v) is 1.60. The first-order chi connectivity index (χ1) is 8.74. The van der Waals surface area contributed by atoms with Crippen LogP contribution in [0.1, 0.15) is 23.2 Å². The molecular formula is C13H19NO4. The Kier molecular flexibility index (Phi) is 6.00. The van der Waals surface area contributed by atoms with Crippen LogP contribution < -0.4 is 14.8 Å². The summed E-state index contributed by atoms with van der Waals surface area (Å²) >= 11 is 0. The number of methoxy groups -OCH3 is 2. The lowest BCUT2D eigenvalue weighted by molar-refractivity contribution is 0.0946. The van der Waals surface area contributed by atoms with Crippen molar-refractivity contribution >= 4 is 5.91 Å². The number of benzene rings is 1. The number of aliphatic hydroxyl groups is 1. The zero-order valence-electron chi connectivity index (χ0n) is 10.7. The molecule has 1 aromatic rings. The molecule has 0 fully saturated rings. The van der Waals surface area contributed by atoms with Crippen molar-refractivity contribution in [3.05, 3.63) is 23.8 Å². The lowest BCUT2D eigenvalue weighted by Crippen LogP contribution is -2.25. The minimum atomic E-state index is -0.234. The van der Waals surface area contributed by atoms with E-state index in [1.54, 1.807) is 18.2 Å². The zero-order chi connectivity index (χ0) is 13.4. The third kappa shape index (κ3) is 3.63. The lowest BCUT2D eigenvalue weighted by Gasteiger charge is -2.12. The number of amides is 1. The molecule has 0 radical (unpaired) electrons. The fraction of sp³-hybridized carbons (Fsp3) is 0.462. The highest BCUT2D eigenvalue weighted by atomic mass is 16.5. The van der Waals surface area contributed by atoms with Crippen molar-refractivity contribution in [2.24, 2.45) is 0 Å². The largest absolute Gasteiger partial charge is 0.496 e. The maximum absolute atomic E-state index is 12.0. The molecule has 0 unspecified atom stereocenters. The highest BCUT2D eigenvalue weighted by Gasteiger charge is 2.17. The molecule has 0 spiro atoms. The Hall–Kier alpha value is -1.75. The van der Waals surface area contributed by atoms with Gasteiger partial charge in [0.25, 0.3) is 5.91 Å². The van der Waals surface area contributed by atoms with Crippen molar-refractivity contribution in [1.82, 2.24) is 5.32 Å². The Bertz CT molecular complexity index is 370. The van der Waals surface area contributed by atoms with Crippen LogP contribution in [0.3, 0.4) is 0 Å². The average Bonchev–Trinajstić information content (AvgIpc) is 2.42. The maximum atomic E-state index is 12.0. The van der Waals surface area contributed by atoms with Gasteiger partial charge in [-0.1, -0.05) is 6.07 Å². The van der Waals surface area contributed by atoms with Gasteiger partial charge in [0.05, 0.1) is 14.2 Å². The molecule has 0 aliphatic heterocycles. The second-order valence-corrected chi connectivity index (χ2v) is 3.72. The van der Waals surface area contributed by atoms with Gasteiger partial charge in [-0.3, -0.25) is 4.79 Å². The third-order valence-electron chi connectivity index (χ3n) is 2.53. The Morgan fingerprint density at radius 1 is 1.22 bits per heavy atom. The molecule has 0 saturated heterocycles. The zero-order valence-corrected chi connectivity index (χ0v) is 10.7. The first-order valence-corrected chi connectivity index (χ1v) is 5.84. The molecule has 1 rings (SSSR count). The molecule has 0 saturated carbocycles. The normalized spacial score (nSPS) is 9.94. The number of nitrogens with one attached hydrogen (secondary N) is 1. The second kappa shape index (κ2) is 7.55. The van der Waals surface area contributed by atoms with Gasteiger partial charge in [0, 0.05) is 13.2 Å². The number of aliphatic hydroxyl groups excluding tert-OH is 1. The standard InChI is InChI=1S/C13H19NO4/c1-17-10-6-5-7-11(18-2)12(10)13(16)14-8-3-4-9-15/h5-7,15H,3-4,8-9H2,1-2H3,(H,14,16). The molecular weight excluding hydrogens is 234 g/mol. The van der Waals surface area contributed by atoms with Crippen molar-refractivity contribution in [2.75, 3.05) is 27.4 Å². The summed E-state index contributed by atoms with van der Waals surface area (Å²) in [6.45, 7) is 0.647. The van der Waals surface area contributed by atoms with Crippen LogP contribution in [0.4, 0.5) is 0 Å². The quantitative estimate of drug-likeness (QED) is 0.717. The van der Waals surface area contributed by atoms with Crippen LogP contribution in [-0.4, -0.2) is 38.4 Å². The molecule has 100 valence electrons. The van der Waals surface area contributed by atoms with Gasteiger partial charge in [0.15, 0.2) is 0 Å². The predicted octanol–water partition coefficient (Wildman–Crippen LogP) is 1.21. The van der Waals surface area contributed by atoms with Gasteiger partial charge in [-0.05, 0) is 25.0 Å². The second-order valence-electron chi connectivity index (χ2n) is 3.72. The molecule has 0 aromatic heterocycles. The minimum Gasteiger partial charge on any atom is -0.496 e. The summed E-state index contributed by atoms with van der Waals surface area (Å²) in [6, 6.07) is 5.19. The van der Waals surface area contributed by atoms with Gasteiger partial charge in [0.1, 0.15) is 17.1 Å². The van der Waals surface area contributed by atoms with E-state index in [4.69, 9.17) is 14.6 Å². The highest BCUT2D eigenvalue weighted by Crippen LogP contribution is 2.27. The van der Waals surface area contributed by atoms with Gasteiger partial charge in [-0.25, -0.2) is 0 Å². The summed E-state index contributed by atoms with van der Waals surface area (Å²) in [5.41, 5.74) is 0.395. The summed E-state index contributed by atoms with van der Waals surface area (Å²) in [7, 11) is 3.02. The molecule has 18 heavy (non-hydrogen) atoms. The van der Waals surface area contributed by atoms with E-state index in [1.165, 1.54) is 14.2 Å². The van der Waals surface area contributed by atoms with Crippen molar-refractivity contribution in [1.29, 1.82) is 0 Å². The Morgan fingerprint density at radius 2 is 1.83 bits per heavy atom. The summed E-state index contributed by atoms with van der Waals surface area (Å²) < 4.78 is 10.3. The van der Waals surface area contributed by atoms with Crippen molar-refractivity contribution in [3.8, 4) is 11.5 Å². The summed E-state index contributed by atoms with van der Waals surface area (Å²) in [4.78, 5) is 12.0. The molecule has 2 N–H and O–H groups in total. The Morgan fingerprint density at radius 3 is 2.33 bits per heavy atom. The number of hydrogen-bond acceptors (Lipinski definition) is 4. The van der Waals surface area contributed by atoms with Crippen molar-refractivity contribution in [2.45, 2.75) is 12.8 Å². The molecule has 0 bridgehead atoms. The van der Waals surface area contributed by atoms with E-state index in [0.717, 1.165) is 6.42 Å². The Balaban J connectivity index is 2.76. The summed E-state index contributed by atoms with van der Waals surface area (Å²) in [5.74, 6) is 0.727. The van der Waals surface area contributed by atoms with E-state index in [2.05, 4.69) is 5.32 Å². The number of unbranched alkanes of at least 4 members (excludes halogenated alkanes) is 1. The van der Waals surface area contributed by atoms with Crippen LogP contribution in [-0.2, 0) is 0 Å². The Labute approximate surface area is 107 Å². The SMILES string of the molecule is COc1cccc(OC)c1C(=O)NCCCCO. The first kappa shape index (κ1) is 14.3. The van der Waals surface area contributed by atoms with E-state index in [1.807, 2.05) is 0 Å². The van der Waals surface area contributed by atoms with Gasteiger partial charge in [-0.15, -0.1) is 0 Å². The van der Waals surface area contributed by atoms with Gasteiger partial charge < -0.3 is 19.9 Å². The van der Waals surface area contributed by atoms with Gasteiger partial charge >= 0.3 is 0 Å². The predicted molar refractivity (Wildman–Crippen MR) is 68.2 cm³/mol. The van der Waals surface area contributed by atoms with E-state index in [9.17, 15) is 4.79 Å². The molecule has 0 atom stereocenters. The smallest absolute Gasteiger partial charge is 0.258 e. The van der Waals surface area contributed by atoms with Crippen molar-refractivity contribution < 1.29 is 19.4 Å². The van der Waals surface area contributed by atoms with Crippen LogP contribution in [0.5, 0.6) is 11.5 Å². The molecule has 5 nitrogen and oxygen atoms in total. The van der Waals surface area contributed by atoms with E-state index in [0.29, 0.717) is 30.0 Å². The van der Waals surface area contributed by atoms with Crippen LogP contribution >= 0.6 is 0 Å². The van der Waals surface area contributed by atoms with Crippen LogP contribution in [0.15, 0.2) is 18.2 Å². The molecule has 1 aromatic carbocycles. The molecule has 0 heterocycles. The monoisotopic (exact) mass is 253 g/mol. The third-order valence-corrected chi connectivity index (χ3v) is 2.53. The number of carbonyl (C=O) groups is 1. The molecule has 0 aliphatic rings. The molecule has 5 heteroatoms. The topological polar surface area (TPSA) is 67.8 Å². The highest BCUT2D eigenvalue weighted by molar-refractivity contribution is 5.99. The van der Waals surface area contributed by atoms with Crippen LogP contribution in [0.25, 0.3) is 0 Å². The summed E-state index contributed by atoms with van der Waals surface area (Å²) in [5, 5.41) is 11.4. The lowest BCUT2D eigenvalue weighted by atomic mass is 10.1. The average molecular weight is 253 g/mol. The summed E-state index contributed by atoms with van der Waals surface area (Å²) in [6.07, 6.45) is 1.41.